The lowest BCUT2D eigenvalue weighted by atomic mass is 9.88. The number of carboxylic acid groups (broad SMARTS) is 1. The van der Waals surface area contributed by atoms with Gasteiger partial charge in [0.05, 0.1) is 6.42 Å². The molecule has 0 radical (unpaired) electrons. The van der Waals surface area contributed by atoms with Crippen molar-refractivity contribution in [3.8, 4) is 5.75 Å². The average molecular weight is 222 g/mol. The number of hydrogen-bond donors (Lipinski definition) is 2. The van der Waals surface area contributed by atoms with Crippen molar-refractivity contribution in [1.82, 2.24) is 0 Å². The van der Waals surface area contributed by atoms with Gasteiger partial charge >= 0.3 is 5.97 Å². The van der Waals surface area contributed by atoms with E-state index in [0.717, 1.165) is 12.0 Å². The van der Waals surface area contributed by atoms with Gasteiger partial charge in [0, 0.05) is 0 Å². The second kappa shape index (κ2) is 5.54. The Hall–Kier alpha value is -1.51. The molecule has 1 aromatic rings. The van der Waals surface area contributed by atoms with Gasteiger partial charge in [-0.1, -0.05) is 26.0 Å². The number of aliphatic carboxylic acids is 1. The Balaban J connectivity index is 2.86. The van der Waals surface area contributed by atoms with E-state index in [1.165, 1.54) is 0 Å². The van der Waals surface area contributed by atoms with Gasteiger partial charge in [-0.3, -0.25) is 4.79 Å². The molecule has 0 spiro atoms. The third kappa shape index (κ3) is 3.93. The van der Waals surface area contributed by atoms with Crippen molar-refractivity contribution in [2.45, 2.75) is 32.6 Å². The highest BCUT2D eigenvalue weighted by Crippen LogP contribution is 2.29. The van der Waals surface area contributed by atoms with Crippen LogP contribution in [-0.2, 0) is 4.79 Å². The van der Waals surface area contributed by atoms with E-state index >= 15 is 0 Å². The Labute approximate surface area is 95.7 Å². The molecule has 0 aliphatic rings. The van der Waals surface area contributed by atoms with Crippen LogP contribution in [-0.4, -0.2) is 16.2 Å². The summed E-state index contributed by atoms with van der Waals surface area (Å²) >= 11 is 0. The molecule has 3 heteroatoms. The minimum absolute atomic E-state index is 0.0235. The molecule has 0 aliphatic carbocycles. The van der Waals surface area contributed by atoms with Crippen molar-refractivity contribution >= 4 is 5.97 Å². The molecular formula is C13H18O3. The first-order chi connectivity index (χ1) is 7.49. The average Bonchev–Trinajstić information content (AvgIpc) is 2.15. The minimum atomic E-state index is -0.797. The molecule has 0 aliphatic heterocycles. The SMILES string of the molecule is CC(C)CC(CC(=O)O)c1cccc(O)c1. The molecule has 0 aromatic heterocycles. The van der Waals surface area contributed by atoms with Gasteiger partial charge in [0.2, 0.25) is 0 Å². The number of benzene rings is 1. The normalized spacial score (nSPS) is 12.7. The Bertz CT molecular complexity index is 358. The zero-order valence-electron chi connectivity index (χ0n) is 9.68. The lowest BCUT2D eigenvalue weighted by Gasteiger charge is -2.17. The summed E-state index contributed by atoms with van der Waals surface area (Å²) < 4.78 is 0. The Morgan fingerprint density at radius 3 is 2.56 bits per heavy atom. The molecule has 1 atom stereocenters. The molecule has 0 saturated carbocycles. The fourth-order valence-electron chi connectivity index (χ4n) is 1.90. The van der Waals surface area contributed by atoms with Crippen LogP contribution in [0.15, 0.2) is 24.3 Å². The van der Waals surface area contributed by atoms with Crippen molar-refractivity contribution < 1.29 is 15.0 Å². The molecule has 1 unspecified atom stereocenters. The maximum absolute atomic E-state index is 10.8. The van der Waals surface area contributed by atoms with E-state index < -0.39 is 5.97 Å². The van der Waals surface area contributed by atoms with E-state index in [2.05, 4.69) is 13.8 Å². The van der Waals surface area contributed by atoms with E-state index in [0.29, 0.717) is 5.92 Å². The van der Waals surface area contributed by atoms with E-state index in [1.807, 2.05) is 6.07 Å². The van der Waals surface area contributed by atoms with Crippen LogP contribution < -0.4 is 0 Å². The molecule has 16 heavy (non-hydrogen) atoms. The number of phenolic OH excluding ortho intramolecular Hbond substituents is 1. The molecule has 2 N–H and O–H groups in total. The second-order valence-corrected chi connectivity index (χ2v) is 4.52. The summed E-state index contributed by atoms with van der Waals surface area (Å²) in [5.74, 6) is -0.193. The zero-order valence-corrected chi connectivity index (χ0v) is 9.68. The first kappa shape index (κ1) is 12.6. The molecule has 1 rings (SSSR count). The van der Waals surface area contributed by atoms with Crippen LogP contribution in [0.5, 0.6) is 5.75 Å². The predicted octanol–water partition coefficient (Wildman–Crippen LogP) is 3.00. The third-order valence-electron chi connectivity index (χ3n) is 2.52. The van der Waals surface area contributed by atoms with Gasteiger partial charge in [-0.15, -0.1) is 0 Å². The number of phenols is 1. The van der Waals surface area contributed by atoms with E-state index in [9.17, 15) is 9.90 Å². The summed E-state index contributed by atoms with van der Waals surface area (Å²) in [7, 11) is 0. The fraction of sp³-hybridized carbons (Fsp3) is 0.462. The van der Waals surface area contributed by atoms with Gasteiger partial charge in [0.1, 0.15) is 5.75 Å². The molecule has 0 bridgehead atoms. The predicted molar refractivity (Wildman–Crippen MR) is 62.6 cm³/mol. The van der Waals surface area contributed by atoms with Crippen molar-refractivity contribution in [3.05, 3.63) is 29.8 Å². The monoisotopic (exact) mass is 222 g/mol. The standard InChI is InChI=1S/C13H18O3/c1-9(2)6-11(8-13(15)16)10-4-3-5-12(14)7-10/h3-5,7,9,11,14H,6,8H2,1-2H3,(H,15,16). The summed E-state index contributed by atoms with van der Waals surface area (Å²) in [4.78, 5) is 10.8. The molecular weight excluding hydrogens is 204 g/mol. The summed E-state index contributed by atoms with van der Waals surface area (Å²) in [6, 6.07) is 6.86. The lowest BCUT2D eigenvalue weighted by molar-refractivity contribution is -0.137. The summed E-state index contributed by atoms with van der Waals surface area (Å²) in [5, 5.41) is 18.2. The third-order valence-corrected chi connectivity index (χ3v) is 2.52. The van der Waals surface area contributed by atoms with Crippen molar-refractivity contribution in [2.75, 3.05) is 0 Å². The quantitative estimate of drug-likeness (QED) is 0.805. The first-order valence-electron chi connectivity index (χ1n) is 5.49. The molecule has 0 fully saturated rings. The highest BCUT2D eigenvalue weighted by molar-refractivity contribution is 5.68. The number of aromatic hydroxyl groups is 1. The van der Waals surface area contributed by atoms with Crippen molar-refractivity contribution in [1.29, 1.82) is 0 Å². The highest BCUT2D eigenvalue weighted by Gasteiger charge is 2.17. The fourth-order valence-corrected chi connectivity index (χ4v) is 1.90. The number of hydrogen-bond acceptors (Lipinski definition) is 2. The Morgan fingerprint density at radius 2 is 2.06 bits per heavy atom. The maximum Gasteiger partial charge on any atom is 0.303 e. The van der Waals surface area contributed by atoms with Gasteiger partial charge in [0.15, 0.2) is 0 Å². The first-order valence-corrected chi connectivity index (χ1v) is 5.49. The largest absolute Gasteiger partial charge is 0.508 e. The Morgan fingerprint density at radius 1 is 1.38 bits per heavy atom. The van der Waals surface area contributed by atoms with Crippen LogP contribution in [0.25, 0.3) is 0 Å². The van der Waals surface area contributed by atoms with E-state index in [1.54, 1.807) is 18.2 Å². The lowest BCUT2D eigenvalue weighted by Crippen LogP contribution is -2.09. The summed E-state index contributed by atoms with van der Waals surface area (Å²) in [6.45, 7) is 4.13. The summed E-state index contributed by atoms with van der Waals surface area (Å²) in [5.41, 5.74) is 0.899. The van der Waals surface area contributed by atoms with Crippen LogP contribution in [0, 0.1) is 5.92 Å². The number of rotatable bonds is 5. The second-order valence-electron chi connectivity index (χ2n) is 4.52. The van der Waals surface area contributed by atoms with Crippen molar-refractivity contribution in [2.24, 2.45) is 5.92 Å². The topological polar surface area (TPSA) is 57.5 Å². The maximum atomic E-state index is 10.8. The van der Waals surface area contributed by atoms with Crippen LogP contribution >= 0.6 is 0 Å². The zero-order chi connectivity index (χ0) is 12.1. The van der Waals surface area contributed by atoms with Crippen LogP contribution in [0.4, 0.5) is 0 Å². The van der Waals surface area contributed by atoms with Gasteiger partial charge in [-0.05, 0) is 36.0 Å². The molecule has 0 heterocycles. The number of carboxylic acids is 1. The smallest absolute Gasteiger partial charge is 0.303 e. The Kier molecular flexibility index (Phi) is 4.35. The van der Waals surface area contributed by atoms with E-state index in [-0.39, 0.29) is 18.1 Å². The van der Waals surface area contributed by atoms with Crippen LogP contribution in [0.2, 0.25) is 0 Å². The van der Waals surface area contributed by atoms with Gasteiger partial charge in [-0.25, -0.2) is 0 Å². The highest BCUT2D eigenvalue weighted by atomic mass is 16.4. The molecule has 0 amide bonds. The van der Waals surface area contributed by atoms with Crippen LogP contribution in [0.1, 0.15) is 38.2 Å². The van der Waals surface area contributed by atoms with Gasteiger partial charge in [-0.2, -0.15) is 0 Å². The van der Waals surface area contributed by atoms with Crippen LogP contribution in [0.3, 0.4) is 0 Å². The molecule has 1 aromatic carbocycles. The van der Waals surface area contributed by atoms with Crippen molar-refractivity contribution in [3.63, 3.8) is 0 Å². The summed E-state index contributed by atoms with van der Waals surface area (Å²) in [6.07, 6.45) is 0.928. The molecule has 88 valence electrons. The molecule has 3 nitrogen and oxygen atoms in total. The minimum Gasteiger partial charge on any atom is -0.508 e. The molecule has 0 saturated heterocycles. The van der Waals surface area contributed by atoms with E-state index in [4.69, 9.17) is 5.11 Å². The van der Waals surface area contributed by atoms with Gasteiger partial charge < -0.3 is 10.2 Å². The number of carbonyl (C=O) groups is 1. The van der Waals surface area contributed by atoms with Gasteiger partial charge in [0.25, 0.3) is 0 Å².